The van der Waals surface area contributed by atoms with Gasteiger partial charge in [0.15, 0.2) is 5.11 Å². The molecule has 0 fully saturated rings. The first kappa shape index (κ1) is 14.9. The number of hydrogen-bond donors (Lipinski definition) is 5. The van der Waals surface area contributed by atoms with Crippen LogP contribution in [-0.2, 0) is 0 Å². The van der Waals surface area contributed by atoms with E-state index in [0.717, 1.165) is 0 Å². The molecule has 0 saturated carbocycles. The number of aliphatic imine (C=N–C) groups is 1. The second-order valence-electron chi connectivity index (χ2n) is 3.18. The lowest BCUT2D eigenvalue weighted by Gasteiger charge is -2.22. The monoisotopic (exact) mass is 281 g/mol. The maximum atomic E-state index is 10.9. The van der Waals surface area contributed by atoms with Crippen molar-refractivity contribution in [3.8, 4) is 0 Å². The summed E-state index contributed by atoms with van der Waals surface area (Å²) in [5.74, 6) is 5.02. The SMILES string of the molecule is NNC(=S)NN/C=C(/C=Nc1ccccc1)N([O-])O. The lowest BCUT2D eigenvalue weighted by molar-refractivity contribution is 0.00388. The van der Waals surface area contributed by atoms with Crippen molar-refractivity contribution in [1.82, 2.24) is 21.5 Å². The number of hydrazine groups is 2. The summed E-state index contributed by atoms with van der Waals surface area (Å²) in [6.07, 6.45) is 2.36. The lowest BCUT2D eigenvalue weighted by atomic mass is 10.3. The molecule has 8 nitrogen and oxygen atoms in total. The summed E-state index contributed by atoms with van der Waals surface area (Å²) in [5.41, 5.74) is 7.59. The van der Waals surface area contributed by atoms with Gasteiger partial charge in [-0.25, -0.2) is 5.84 Å². The van der Waals surface area contributed by atoms with Crippen molar-refractivity contribution < 1.29 is 5.21 Å². The summed E-state index contributed by atoms with van der Waals surface area (Å²) in [7, 11) is 0. The van der Waals surface area contributed by atoms with Gasteiger partial charge in [-0.15, -0.1) is 0 Å². The molecule has 0 spiro atoms. The Bertz CT molecular complexity index is 462. The topological polar surface area (TPSA) is 121 Å². The maximum absolute atomic E-state index is 10.9. The van der Waals surface area contributed by atoms with Crippen LogP contribution in [0.1, 0.15) is 0 Å². The summed E-state index contributed by atoms with van der Waals surface area (Å²) < 4.78 is 0. The molecular weight excluding hydrogens is 268 g/mol. The Kier molecular flexibility index (Phi) is 6.26. The van der Waals surface area contributed by atoms with Crippen LogP contribution in [0.25, 0.3) is 0 Å². The number of allylic oxidation sites excluding steroid dienone is 1. The third kappa shape index (κ3) is 5.79. The van der Waals surface area contributed by atoms with Crippen LogP contribution in [0.3, 0.4) is 0 Å². The van der Waals surface area contributed by atoms with E-state index in [9.17, 15) is 5.21 Å². The zero-order valence-electron chi connectivity index (χ0n) is 9.78. The van der Waals surface area contributed by atoms with Gasteiger partial charge in [-0.05, 0) is 24.4 Å². The zero-order chi connectivity index (χ0) is 14.1. The molecule has 1 rings (SSSR count). The fourth-order valence-corrected chi connectivity index (χ4v) is 1.07. The smallest absolute Gasteiger partial charge is 0.199 e. The van der Waals surface area contributed by atoms with Crippen LogP contribution in [0.15, 0.2) is 47.2 Å². The molecule has 9 heteroatoms. The van der Waals surface area contributed by atoms with Gasteiger partial charge in [0.2, 0.25) is 0 Å². The molecule has 102 valence electrons. The molecule has 0 aliphatic heterocycles. The number of nitrogens with one attached hydrogen (secondary N) is 3. The van der Waals surface area contributed by atoms with Crippen LogP contribution < -0.4 is 22.1 Å². The van der Waals surface area contributed by atoms with E-state index in [1.165, 1.54) is 12.4 Å². The summed E-state index contributed by atoms with van der Waals surface area (Å²) in [6.45, 7) is 0. The van der Waals surface area contributed by atoms with Gasteiger partial charge in [-0.2, -0.15) is 0 Å². The van der Waals surface area contributed by atoms with Crippen LogP contribution in [0, 0.1) is 5.21 Å². The van der Waals surface area contributed by atoms with Gasteiger partial charge < -0.3 is 15.9 Å². The van der Waals surface area contributed by atoms with E-state index >= 15 is 0 Å². The minimum Gasteiger partial charge on any atom is -0.733 e. The highest BCUT2D eigenvalue weighted by Gasteiger charge is 1.94. The van der Waals surface area contributed by atoms with Crippen LogP contribution in [0.2, 0.25) is 0 Å². The normalized spacial score (nSPS) is 11.2. The van der Waals surface area contributed by atoms with Gasteiger partial charge >= 0.3 is 0 Å². The Hall–Kier alpha value is -2.20. The van der Waals surface area contributed by atoms with Gasteiger partial charge in [-0.1, -0.05) is 18.2 Å². The Balaban J connectivity index is 2.65. The molecule has 0 heterocycles. The molecule has 0 saturated heterocycles. The third-order valence-corrected chi connectivity index (χ3v) is 2.08. The molecule has 0 radical (unpaired) electrons. The molecule has 0 aliphatic carbocycles. The third-order valence-electron chi connectivity index (χ3n) is 1.86. The first-order chi connectivity index (χ1) is 9.13. The second-order valence-corrected chi connectivity index (χ2v) is 3.59. The molecule has 0 unspecified atom stereocenters. The average molecular weight is 281 g/mol. The molecule has 0 amide bonds. The average Bonchev–Trinajstić information content (AvgIpc) is 2.43. The van der Waals surface area contributed by atoms with Gasteiger partial charge in [-0.3, -0.25) is 21.1 Å². The predicted molar refractivity (Wildman–Crippen MR) is 75.9 cm³/mol. The van der Waals surface area contributed by atoms with E-state index in [1.54, 1.807) is 24.3 Å². The van der Waals surface area contributed by atoms with Crippen molar-refractivity contribution in [2.24, 2.45) is 10.8 Å². The zero-order valence-corrected chi connectivity index (χ0v) is 10.6. The van der Waals surface area contributed by atoms with Crippen molar-refractivity contribution in [3.63, 3.8) is 0 Å². The lowest BCUT2D eigenvalue weighted by Crippen LogP contribution is -2.45. The molecule has 0 atom stereocenters. The van der Waals surface area contributed by atoms with E-state index in [0.29, 0.717) is 5.69 Å². The number of nitrogens with two attached hydrogens (primary N) is 1. The quantitative estimate of drug-likeness (QED) is 0.225. The van der Waals surface area contributed by atoms with Crippen LogP contribution in [0.4, 0.5) is 5.69 Å². The van der Waals surface area contributed by atoms with E-state index < -0.39 is 0 Å². The Morgan fingerprint density at radius 1 is 1.42 bits per heavy atom. The molecule has 1 aromatic carbocycles. The summed E-state index contributed by atoms with van der Waals surface area (Å²) in [4.78, 5) is 4.01. The van der Waals surface area contributed by atoms with Crippen molar-refractivity contribution >= 4 is 29.2 Å². The summed E-state index contributed by atoms with van der Waals surface area (Å²) >= 11 is 4.69. The number of rotatable bonds is 5. The van der Waals surface area contributed by atoms with Crippen LogP contribution in [-0.4, -0.2) is 21.8 Å². The Morgan fingerprint density at radius 2 is 2.11 bits per heavy atom. The molecular formula is C10H13N6O2S-. The highest BCUT2D eigenvalue weighted by Crippen LogP contribution is 2.09. The van der Waals surface area contributed by atoms with Gasteiger partial charge in [0.1, 0.15) is 0 Å². The number of hydrogen-bond acceptors (Lipinski definition) is 7. The minimum atomic E-state index is -0.333. The molecule has 0 aliphatic rings. The van der Waals surface area contributed by atoms with Crippen molar-refractivity contribution in [1.29, 1.82) is 0 Å². The fourth-order valence-electron chi connectivity index (χ4n) is 1.01. The Labute approximate surface area is 115 Å². The number of para-hydroxylation sites is 1. The number of nitrogens with zero attached hydrogens (tertiary/aromatic N) is 2. The second kappa shape index (κ2) is 8.00. The number of benzene rings is 1. The first-order valence-electron chi connectivity index (χ1n) is 5.11. The van der Waals surface area contributed by atoms with Crippen LogP contribution in [0.5, 0.6) is 0 Å². The number of thiocarbonyl (C=S) groups is 1. The summed E-state index contributed by atoms with van der Waals surface area (Å²) in [6, 6.07) is 8.94. The van der Waals surface area contributed by atoms with Gasteiger partial charge in [0.05, 0.1) is 17.6 Å². The van der Waals surface area contributed by atoms with Crippen molar-refractivity contribution in [2.75, 3.05) is 0 Å². The van der Waals surface area contributed by atoms with Crippen molar-refractivity contribution in [2.45, 2.75) is 0 Å². The standard InChI is InChI=1S/C10H13N6O2S/c11-14-10(19)15-13-7-9(16(17)18)6-12-8-4-2-1-3-5-8/h1-7,13,17H,11H2,(H2,14,15,19)/q-1/b9-7-,12-6?. The van der Waals surface area contributed by atoms with Crippen LogP contribution >= 0.6 is 12.2 Å². The largest absolute Gasteiger partial charge is 0.733 e. The molecule has 1 aromatic rings. The van der Waals surface area contributed by atoms with E-state index in [-0.39, 0.29) is 16.0 Å². The maximum Gasteiger partial charge on any atom is 0.199 e. The minimum absolute atomic E-state index is 0.117. The predicted octanol–water partition coefficient (Wildman–Crippen LogP) is 0.262. The van der Waals surface area contributed by atoms with E-state index in [4.69, 9.17) is 11.0 Å². The molecule has 0 aromatic heterocycles. The Morgan fingerprint density at radius 3 is 2.68 bits per heavy atom. The fraction of sp³-hybridized carbons (Fsp3) is 0. The number of hydroxylamine groups is 2. The summed E-state index contributed by atoms with van der Waals surface area (Å²) in [5, 5.41) is 19.6. The van der Waals surface area contributed by atoms with E-state index in [1.807, 2.05) is 6.07 Å². The van der Waals surface area contributed by atoms with Gasteiger partial charge in [0, 0.05) is 6.20 Å². The molecule has 19 heavy (non-hydrogen) atoms. The molecule has 0 bridgehead atoms. The van der Waals surface area contributed by atoms with Gasteiger partial charge in [0.25, 0.3) is 0 Å². The highest BCUT2D eigenvalue weighted by atomic mass is 32.1. The highest BCUT2D eigenvalue weighted by molar-refractivity contribution is 7.80. The van der Waals surface area contributed by atoms with E-state index in [2.05, 4.69) is 33.5 Å². The first-order valence-corrected chi connectivity index (χ1v) is 5.52. The van der Waals surface area contributed by atoms with Crippen molar-refractivity contribution in [3.05, 3.63) is 47.4 Å². The molecule has 6 N–H and O–H groups in total.